The van der Waals surface area contributed by atoms with Crippen LogP contribution in [0, 0.1) is 6.92 Å². The number of pyridine rings is 1. The molecule has 0 saturated carbocycles. The van der Waals surface area contributed by atoms with Crippen molar-refractivity contribution in [2.45, 2.75) is 25.7 Å². The van der Waals surface area contributed by atoms with E-state index in [1.54, 1.807) is 12.3 Å². The number of amides is 2. The molecule has 3 rings (SSSR count). The third-order valence-corrected chi connectivity index (χ3v) is 3.79. The number of nitrogens with one attached hydrogen (secondary N) is 2. The molecule has 0 radical (unpaired) electrons. The number of aryl methyl sites for hydroxylation is 1. The van der Waals surface area contributed by atoms with Crippen LogP contribution in [0.3, 0.4) is 0 Å². The molecule has 2 amide bonds. The number of anilines is 1. The van der Waals surface area contributed by atoms with Crippen LogP contribution in [0.15, 0.2) is 30.5 Å². The van der Waals surface area contributed by atoms with E-state index in [0.29, 0.717) is 18.3 Å². The predicted octanol–water partition coefficient (Wildman–Crippen LogP) is 2.52. The Kier molecular flexibility index (Phi) is 3.85. The van der Waals surface area contributed by atoms with Crippen molar-refractivity contribution in [2.75, 3.05) is 18.4 Å². The van der Waals surface area contributed by atoms with E-state index in [1.807, 2.05) is 30.0 Å². The molecule has 1 fully saturated rings. The Labute approximate surface area is 123 Å². The van der Waals surface area contributed by atoms with Gasteiger partial charge in [-0.05, 0) is 38.0 Å². The first-order valence-corrected chi connectivity index (χ1v) is 7.21. The maximum Gasteiger partial charge on any atom is 0.323 e. The normalized spacial score (nSPS) is 18.5. The van der Waals surface area contributed by atoms with E-state index in [9.17, 15) is 4.79 Å². The second kappa shape index (κ2) is 5.95. The molecule has 0 bridgehead atoms. The molecular weight excluding hydrogens is 266 g/mol. The van der Waals surface area contributed by atoms with Gasteiger partial charge in [-0.15, -0.1) is 0 Å². The number of carbonyl (C=O) groups is 1. The second-order valence-corrected chi connectivity index (χ2v) is 5.39. The van der Waals surface area contributed by atoms with Crippen molar-refractivity contribution in [1.82, 2.24) is 20.1 Å². The highest BCUT2D eigenvalue weighted by Gasteiger charge is 2.25. The molecule has 1 saturated heterocycles. The summed E-state index contributed by atoms with van der Waals surface area (Å²) in [5.41, 5.74) is 1.99. The van der Waals surface area contributed by atoms with Gasteiger partial charge in [-0.2, -0.15) is 5.10 Å². The summed E-state index contributed by atoms with van der Waals surface area (Å²) in [5, 5.41) is 9.86. The first-order valence-electron chi connectivity index (χ1n) is 7.21. The van der Waals surface area contributed by atoms with Gasteiger partial charge in [-0.3, -0.25) is 10.4 Å². The molecule has 21 heavy (non-hydrogen) atoms. The van der Waals surface area contributed by atoms with Crippen LogP contribution < -0.4 is 5.32 Å². The lowest BCUT2D eigenvalue weighted by Gasteiger charge is -2.32. The van der Waals surface area contributed by atoms with Crippen molar-refractivity contribution in [3.63, 3.8) is 0 Å². The number of H-pyrrole nitrogens is 1. The van der Waals surface area contributed by atoms with Gasteiger partial charge in [0.25, 0.3) is 0 Å². The second-order valence-electron chi connectivity index (χ2n) is 5.39. The Morgan fingerprint density at radius 1 is 1.43 bits per heavy atom. The zero-order chi connectivity index (χ0) is 14.7. The number of aromatic nitrogens is 3. The number of hydrogen-bond donors (Lipinski definition) is 2. The van der Waals surface area contributed by atoms with Crippen LogP contribution in [-0.4, -0.2) is 39.2 Å². The van der Waals surface area contributed by atoms with E-state index in [1.165, 1.54) is 0 Å². The fourth-order valence-corrected chi connectivity index (χ4v) is 2.71. The first-order chi connectivity index (χ1) is 10.2. The molecule has 1 atom stereocenters. The van der Waals surface area contributed by atoms with Gasteiger partial charge in [0, 0.05) is 36.6 Å². The van der Waals surface area contributed by atoms with Crippen LogP contribution >= 0.6 is 0 Å². The average molecular weight is 285 g/mol. The molecule has 0 spiro atoms. The first kappa shape index (κ1) is 13.6. The largest absolute Gasteiger partial charge is 0.324 e. The van der Waals surface area contributed by atoms with Crippen LogP contribution in [0.25, 0.3) is 0 Å². The highest BCUT2D eigenvalue weighted by molar-refractivity contribution is 5.88. The van der Waals surface area contributed by atoms with Crippen molar-refractivity contribution in [3.05, 3.63) is 41.9 Å². The fraction of sp³-hybridized carbons (Fsp3) is 0.400. The number of piperidine rings is 1. The molecule has 0 aromatic carbocycles. The highest BCUT2D eigenvalue weighted by Crippen LogP contribution is 2.25. The van der Waals surface area contributed by atoms with E-state index in [4.69, 9.17) is 0 Å². The lowest BCUT2D eigenvalue weighted by molar-refractivity contribution is 0.192. The molecule has 1 aliphatic heterocycles. The molecule has 2 N–H and O–H groups in total. The number of urea groups is 1. The summed E-state index contributed by atoms with van der Waals surface area (Å²) >= 11 is 0. The Morgan fingerprint density at radius 3 is 3.10 bits per heavy atom. The molecule has 6 heteroatoms. The standard InChI is InChI=1S/C15H19N5O/c1-11-4-2-6-14(17-11)18-15(21)20-9-3-5-12(10-20)13-7-8-16-19-13/h2,4,6-8,12H,3,5,9-10H2,1H3,(H,16,19)(H,17,18,21)/t12-/m1/s1. The van der Waals surface area contributed by atoms with Crippen molar-refractivity contribution in [1.29, 1.82) is 0 Å². The van der Waals surface area contributed by atoms with Gasteiger partial charge < -0.3 is 4.90 Å². The van der Waals surface area contributed by atoms with Crippen molar-refractivity contribution >= 4 is 11.8 Å². The van der Waals surface area contributed by atoms with Crippen molar-refractivity contribution in [2.24, 2.45) is 0 Å². The van der Waals surface area contributed by atoms with Gasteiger partial charge in [-0.25, -0.2) is 9.78 Å². The summed E-state index contributed by atoms with van der Waals surface area (Å²) in [4.78, 5) is 18.5. The zero-order valence-electron chi connectivity index (χ0n) is 12.0. The topological polar surface area (TPSA) is 73.9 Å². The fourth-order valence-electron chi connectivity index (χ4n) is 2.71. The smallest absolute Gasteiger partial charge is 0.323 e. The van der Waals surface area contributed by atoms with Crippen LogP contribution in [0.5, 0.6) is 0 Å². The monoisotopic (exact) mass is 285 g/mol. The molecule has 2 aromatic rings. The summed E-state index contributed by atoms with van der Waals surface area (Å²) in [6.07, 6.45) is 3.83. The van der Waals surface area contributed by atoms with Gasteiger partial charge in [0.2, 0.25) is 0 Å². The van der Waals surface area contributed by atoms with Gasteiger partial charge in [-0.1, -0.05) is 6.07 Å². The highest BCUT2D eigenvalue weighted by atomic mass is 16.2. The summed E-state index contributed by atoms with van der Waals surface area (Å²) < 4.78 is 0. The molecule has 2 aromatic heterocycles. The SMILES string of the molecule is Cc1cccc(NC(=O)N2CCC[C@@H](c3ccn[nH]3)C2)n1. The van der Waals surface area contributed by atoms with E-state index < -0.39 is 0 Å². The quantitative estimate of drug-likeness (QED) is 0.890. The van der Waals surface area contributed by atoms with Crippen molar-refractivity contribution < 1.29 is 4.79 Å². The van der Waals surface area contributed by atoms with Crippen molar-refractivity contribution in [3.8, 4) is 0 Å². The summed E-state index contributed by atoms with van der Waals surface area (Å²) in [7, 11) is 0. The zero-order valence-corrected chi connectivity index (χ0v) is 12.0. The molecular formula is C15H19N5O. The summed E-state index contributed by atoms with van der Waals surface area (Å²) in [6, 6.07) is 7.50. The van der Waals surface area contributed by atoms with Gasteiger partial charge in [0.15, 0.2) is 0 Å². The van der Waals surface area contributed by atoms with Crippen LogP contribution in [0.1, 0.15) is 30.1 Å². The van der Waals surface area contributed by atoms with Gasteiger partial charge in [0.1, 0.15) is 5.82 Å². The maximum absolute atomic E-state index is 12.3. The lowest BCUT2D eigenvalue weighted by Crippen LogP contribution is -2.41. The molecule has 1 aliphatic rings. The minimum absolute atomic E-state index is 0.0858. The Morgan fingerprint density at radius 2 is 2.33 bits per heavy atom. The number of aromatic amines is 1. The molecule has 0 unspecified atom stereocenters. The van der Waals surface area contributed by atoms with Crippen LogP contribution in [0.2, 0.25) is 0 Å². The third-order valence-electron chi connectivity index (χ3n) is 3.79. The van der Waals surface area contributed by atoms with Crippen LogP contribution in [0.4, 0.5) is 10.6 Å². The Balaban J connectivity index is 1.64. The Bertz CT molecular complexity index is 610. The maximum atomic E-state index is 12.3. The number of likely N-dealkylation sites (tertiary alicyclic amines) is 1. The van der Waals surface area contributed by atoms with E-state index in [0.717, 1.165) is 30.8 Å². The van der Waals surface area contributed by atoms with Gasteiger partial charge in [0.05, 0.1) is 0 Å². The number of rotatable bonds is 2. The summed E-state index contributed by atoms with van der Waals surface area (Å²) in [6.45, 7) is 3.40. The molecule has 6 nitrogen and oxygen atoms in total. The Hall–Kier alpha value is -2.37. The van der Waals surface area contributed by atoms with E-state index >= 15 is 0 Å². The number of hydrogen-bond acceptors (Lipinski definition) is 3. The molecule has 110 valence electrons. The van der Waals surface area contributed by atoms with E-state index in [2.05, 4.69) is 20.5 Å². The van der Waals surface area contributed by atoms with E-state index in [-0.39, 0.29) is 6.03 Å². The summed E-state index contributed by atoms with van der Waals surface area (Å²) in [5.74, 6) is 0.932. The number of nitrogens with zero attached hydrogens (tertiary/aromatic N) is 3. The minimum atomic E-state index is -0.0858. The molecule has 0 aliphatic carbocycles. The molecule has 3 heterocycles. The average Bonchev–Trinajstić information content (AvgIpc) is 3.02. The predicted molar refractivity (Wildman–Crippen MR) is 80.1 cm³/mol. The minimum Gasteiger partial charge on any atom is -0.324 e. The third kappa shape index (κ3) is 3.21. The lowest BCUT2D eigenvalue weighted by atomic mass is 9.95. The number of carbonyl (C=O) groups excluding carboxylic acids is 1. The van der Waals surface area contributed by atoms with Gasteiger partial charge >= 0.3 is 6.03 Å². The van der Waals surface area contributed by atoms with Crippen LogP contribution in [-0.2, 0) is 0 Å².